The Balaban J connectivity index is 2.78. The number of rotatable bonds is 1. The summed E-state index contributed by atoms with van der Waals surface area (Å²) < 4.78 is 7.06. The average molecular weight is 231 g/mol. The second-order valence-corrected chi connectivity index (χ2v) is 4.74. The Kier molecular flexibility index (Phi) is 2.41. The molecule has 0 aliphatic heterocycles. The van der Waals surface area contributed by atoms with Gasteiger partial charge in [0.05, 0.1) is 16.3 Å². The molecule has 1 nitrogen and oxygen atoms in total. The lowest BCUT2D eigenvalue weighted by molar-refractivity contribution is 0.406. The van der Waals surface area contributed by atoms with E-state index in [4.69, 9.17) is 16.3 Å². The van der Waals surface area contributed by atoms with E-state index in [-0.39, 0.29) is 0 Å². The van der Waals surface area contributed by atoms with Gasteiger partial charge in [0.15, 0.2) is 0 Å². The molecule has 1 heterocycles. The van der Waals surface area contributed by atoms with Crippen LogP contribution in [0.15, 0.2) is 23.1 Å². The largest absolute Gasteiger partial charge is 0.496 e. The zero-order valence-electron chi connectivity index (χ0n) is 6.87. The van der Waals surface area contributed by atoms with Gasteiger partial charge in [0.2, 0.25) is 0 Å². The van der Waals surface area contributed by atoms with Gasteiger partial charge in [-0.25, -0.2) is 0 Å². The summed E-state index contributed by atoms with van der Waals surface area (Å²) in [5, 5.41) is 1.05. The van der Waals surface area contributed by atoms with E-state index in [1.165, 1.54) is 0 Å². The van der Waals surface area contributed by atoms with Crippen LogP contribution in [-0.4, -0.2) is 7.11 Å². The Hall–Kier alpha value is -0.380. The van der Waals surface area contributed by atoms with E-state index >= 15 is 0 Å². The number of methoxy groups -OCH3 is 1. The highest BCUT2D eigenvalue weighted by molar-refractivity contribution is 7.80. The van der Waals surface area contributed by atoms with Gasteiger partial charge >= 0.3 is 0 Å². The summed E-state index contributed by atoms with van der Waals surface area (Å²) in [6.07, 6.45) is 0. The van der Waals surface area contributed by atoms with E-state index in [9.17, 15) is 0 Å². The van der Waals surface area contributed by atoms with Gasteiger partial charge < -0.3 is 4.74 Å². The van der Waals surface area contributed by atoms with Crippen molar-refractivity contribution < 1.29 is 4.74 Å². The lowest BCUT2D eigenvalue weighted by Gasteiger charge is -2.03. The summed E-state index contributed by atoms with van der Waals surface area (Å²) >= 11 is 11.8. The van der Waals surface area contributed by atoms with E-state index in [2.05, 4.69) is 12.6 Å². The highest BCUT2D eigenvalue weighted by atomic mass is 35.5. The van der Waals surface area contributed by atoms with Crippen LogP contribution in [-0.2, 0) is 0 Å². The topological polar surface area (TPSA) is 9.23 Å². The van der Waals surface area contributed by atoms with Gasteiger partial charge in [0.25, 0.3) is 0 Å². The molecule has 0 amide bonds. The number of hydrogen-bond donors (Lipinski definition) is 1. The lowest BCUT2D eigenvalue weighted by Crippen LogP contribution is -1.83. The molecule has 0 N–H and O–H groups in total. The molecule has 1 aromatic carbocycles. The quantitative estimate of drug-likeness (QED) is 0.733. The minimum absolute atomic E-state index is 0.776. The standard InChI is InChI=1S/C9H7ClOS2/c1-11-6-2-3-7-5(9(6)12)4-8(10)13-7/h2-4,12H,1H3. The molecule has 0 unspecified atom stereocenters. The van der Waals surface area contributed by atoms with Crippen molar-refractivity contribution in [1.82, 2.24) is 0 Å². The molecule has 0 aliphatic carbocycles. The van der Waals surface area contributed by atoms with E-state index in [1.807, 2.05) is 18.2 Å². The molecule has 0 radical (unpaired) electrons. The predicted molar refractivity (Wildman–Crippen MR) is 60.6 cm³/mol. The van der Waals surface area contributed by atoms with Gasteiger partial charge in [-0.3, -0.25) is 0 Å². The molecule has 0 saturated heterocycles. The van der Waals surface area contributed by atoms with Crippen LogP contribution in [0.5, 0.6) is 5.75 Å². The maximum absolute atomic E-state index is 5.89. The molecule has 1 aromatic heterocycles. The Morgan fingerprint density at radius 1 is 1.46 bits per heavy atom. The molecule has 0 atom stereocenters. The molecule has 0 aliphatic rings. The molecule has 0 bridgehead atoms. The third-order valence-electron chi connectivity index (χ3n) is 1.83. The number of thiol groups is 1. The van der Waals surface area contributed by atoms with Gasteiger partial charge in [-0.15, -0.1) is 24.0 Å². The smallest absolute Gasteiger partial charge is 0.132 e. The van der Waals surface area contributed by atoms with Crippen LogP contribution in [0.3, 0.4) is 0 Å². The Labute approximate surface area is 90.7 Å². The van der Waals surface area contributed by atoms with E-state index < -0.39 is 0 Å². The third-order valence-corrected chi connectivity index (χ3v) is 3.52. The van der Waals surface area contributed by atoms with Crippen molar-refractivity contribution in [3.63, 3.8) is 0 Å². The number of halogens is 1. The first kappa shape index (κ1) is 9.19. The molecule has 0 saturated carbocycles. The van der Waals surface area contributed by atoms with Crippen LogP contribution in [0.1, 0.15) is 0 Å². The fraction of sp³-hybridized carbons (Fsp3) is 0.111. The fourth-order valence-corrected chi connectivity index (χ4v) is 2.79. The summed E-state index contributed by atoms with van der Waals surface area (Å²) in [5.41, 5.74) is 0. The Morgan fingerprint density at radius 2 is 2.23 bits per heavy atom. The molecule has 4 heteroatoms. The molecule has 68 valence electrons. The molecular formula is C9H7ClOS2. The highest BCUT2D eigenvalue weighted by Crippen LogP contribution is 2.37. The van der Waals surface area contributed by atoms with Gasteiger partial charge in [0.1, 0.15) is 5.75 Å². The maximum atomic E-state index is 5.89. The van der Waals surface area contributed by atoms with Gasteiger partial charge in [-0.05, 0) is 18.2 Å². The zero-order chi connectivity index (χ0) is 9.42. The first-order valence-electron chi connectivity index (χ1n) is 3.67. The van der Waals surface area contributed by atoms with Gasteiger partial charge in [-0.1, -0.05) is 11.6 Å². The first-order valence-corrected chi connectivity index (χ1v) is 5.31. The summed E-state index contributed by atoms with van der Waals surface area (Å²) in [7, 11) is 1.63. The zero-order valence-corrected chi connectivity index (χ0v) is 9.34. The monoisotopic (exact) mass is 230 g/mol. The van der Waals surface area contributed by atoms with Crippen molar-refractivity contribution in [3.05, 3.63) is 22.5 Å². The summed E-state index contributed by atoms with van der Waals surface area (Å²) in [6.45, 7) is 0. The van der Waals surface area contributed by atoms with Crippen molar-refractivity contribution in [2.75, 3.05) is 7.11 Å². The minimum Gasteiger partial charge on any atom is -0.496 e. The van der Waals surface area contributed by atoms with Crippen molar-refractivity contribution in [1.29, 1.82) is 0 Å². The Morgan fingerprint density at radius 3 is 2.92 bits per heavy atom. The number of benzene rings is 1. The van der Waals surface area contributed by atoms with E-state index in [0.29, 0.717) is 0 Å². The number of thiophene rings is 1. The van der Waals surface area contributed by atoms with Crippen molar-refractivity contribution in [2.24, 2.45) is 0 Å². The van der Waals surface area contributed by atoms with Crippen molar-refractivity contribution in [3.8, 4) is 5.75 Å². The summed E-state index contributed by atoms with van der Waals surface area (Å²) in [4.78, 5) is 0.850. The Bertz CT molecular complexity index is 450. The molecule has 0 fully saturated rings. The second kappa shape index (κ2) is 3.40. The molecule has 2 rings (SSSR count). The first-order chi connectivity index (χ1) is 6.22. The van der Waals surface area contributed by atoms with Crippen LogP contribution in [0.4, 0.5) is 0 Å². The van der Waals surface area contributed by atoms with E-state index in [0.717, 1.165) is 25.1 Å². The van der Waals surface area contributed by atoms with Crippen LogP contribution in [0.2, 0.25) is 4.34 Å². The van der Waals surface area contributed by atoms with Gasteiger partial charge in [0, 0.05) is 10.1 Å². The van der Waals surface area contributed by atoms with Crippen LogP contribution < -0.4 is 4.74 Å². The van der Waals surface area contributed by atoms with Crippen LogP contribution >= 0.6 is 35.6 Å². The normalized spacial score (nSPS) is 10.7. The molecule has 13 heavy (non-hydrogen) atoms. The number of fused-ring (bicyclic) bond motifs is 1. The summed E-state index contributed by atoms with van der Waals surface area (Å²) in [6, 6.07) is 5.80. The average Bonchev–Trinajstić information content (AvgIpc) is 2.47. The second-order valence-electron chi connectivity index (χ2n) is 2.58. The maximum Gasteiger partial charge on any atom is 0.132 e. The van der Waals surface area contributed by atoms with Crippen LogP contribution in [0.25, 0.3) is 10.1 Å². The molecule has 0 spiro atoms. The number of ether oxygens (including phenoxy) is 1. The predicted octanol–water partition coefficient (Wildman–Crippen LogP) is 3.85. The summed E-state index contributed by atoms with van der Waals surface area (Å²) in [5.74, 6) is 0.783. The fourth-order valence-electron chi connectivity index (χ4n) is 1.21. The minimum atomic E-state index is 0.776. The van der Waals surface area contributed by atoms with E-state index in [1.54, 1.807) is 18.4 Å². The number of hydrogen-bond acceptors (Lipinski definition) is 3. The molecule has 2 aromatic rings. The highest BCUT2D eigenvalue weighted by Gasteiger charge is 2.07. The van der Waals surface area contributed by atoms with Crippen molar-refractivity contribution >= 4 is 45.7 Å². The SMILES string of the molecule is COc1ccc2sc(Cl)cc2c1S. The molecular weight excluding hydrogens is 224 g/mol. The lowest BCUT2D eigenvalue weighted by atomic mass is 10.2. The van der Waals surface area contributed by atoms with Gasteiger partial charge in [-0.2, -0.15) is 0 Å². The third kappa shape index (κ3) is 1.52. The van der Waals surface area contributed by atoms with Crippen molar-refractivity contribution in [2.45, 2.75) is 4.90 Å². The van der Waals surface area contributed by atoms with Crippen LogP contribution in [0, 0.1) is 0 Å².